The first kappa shape index (κ1) is 15.4. The monoisotopic (exact) mass is 289 g/mol. The highest BCUT2D eigenvalue weighted by molar-refractivity contribution is 5.26. The molecule has 0 aliphatic carbocycles. The van der Waals surface area contributed by atoms with E-state index in [0.29, 0.717) is 19.0 Å². The van der Waals surface area contributed by atoms with E-state index in [1.54, 1.807) is 12.4 Å². The maximum Gasteiger partial charge on any atom is 0.218 e. The van der Waals surface area contributed by atoms with E-state index in [1.807, 2.05) is 19.1 Å². The van der Waals surface area contributed by atoms with Gasteiger partial charge < -0.3 is 10.1 Å². The Morgan fingerprint density at radius 3 is 2.86 bits per heavy atom. The molecule has 112 valence electrons. The number of nitrogens with one attached hydrogen (secondary N) is 1. The Morgan fingerprint density at radius 1 is 1.29 bits per heavy atom. The Hall–Kier alpha value is -2.01. The minimum Gasteiger partial charge on any atom is -0.477 e. The summed E-state index contributed by atoms with van der Waals surface area (Å²) < 4.78 is 18.9. The van der Waals surface area contributed by atoms with Crippen LogP contribution in [0.2, 0.25) is 0 Å². The van der Waals surface area contributed by atoms with Gasteiger partial charge in [-0.05, 0) is 43.1 Å². The van der Waals surface area contributed by atoms with Crippen molar-refractivity contribution in [2.24, 2.45) is 0 Å². The molecule has 0 radical (unpaired) electrons. The number of rotatable bonds is 8. The van der Waals surface area contributed by atoms with Crippen LogP contribution in [0.4, 0.5) is 4.39 Å². The van der Waals surface area contributed by atoms with Crippen molar-refractivity contribution in [2.75, 3.05) is 13.2 Å². The zero-order chi connectivity index (χ0) is 14.9. The number of ether oxygens (including phenoxy) is 1. The molecule has 4 nitrogen and oxygen atoms in total. The van der Waals surface area contributed by atoms with Crippen molar-refractivity contribution < 1.29 is 9.13 Å². The van der Waals surface area contributed by atoms with E-state index in [1.165, 1.54) is 17.8 Å². The molecule has 2 heterocycles. The highest BCUT2D eigenvalue weighted by atomic mass is 19.1. The number of aromatic nitrogens is 2. The number of nitrogens with zero attached hydrogens (tertiary/aromatic N) is 2. The smallest absolute Gasteiger partial charge is 0.218 e. The quantitative estimate of drug-likeness (QED) is 0.759. The van der Waals surface area contributed by atoms with Crippen LogP contribution in [0, 0.1) is 5.82 Å². The van der Waals surface area contributed by atoms with Gasteiger partial charge in [-0.1, -0.05) is 6.92 Å². The normalized spacial score (nSPS) is 10.6. The summed E-state index contributed by atoms with van der Waals surface area (Å²) in [6, 6.07) is 5.45. The molecule has 0 fully saturated rings. The molecule has 0 saturated heterocycles. The van der Waals surface area contributed by atoms with Gasteiger partial charge in [0, 0.05) is 24.5 Å². The highest BCUT2D eigenvalue weighted by Gasteiger charge is 2.07. The molecule has 2 rings (SSSR count). The summed E-state index contributed by atoms with van der Waals surface area (Å²) in [6.45, 7) is 3.93. The summed E-state index contributed by atoms with van der Waals surface area (Å²) in [5.74, 6) is 0.166. The fourth-order valence-corrected chi connectivity index (χ4v) is 1.98. The van der Waals surface area contributed by atoms with Crippen LogP contribution in [0.3, 0.4) is 0 Å². The second-order valence-corrected chi connectivity index (χ2v) is 4.71. The molecule has 0 unspecified atom stereocenters. The predicted molar refractivity (Wildman–Crippen MR) is 79.6 cm³/mol. The van der Waals surface area contributed by atoms with Crippen molar-refractivity contribution in [1.29, 1.82) is 0 Å². The molecular formula is C16H20FN3O. The Morgan fingerprint density at radius 2 is 2.10 bits per heavy atom. The topological polar surface area (TPSA) is 47.0 Å². The number of halogens is 1. The summed E-state index contributed by atoms with van der Waals surface area (Å²) in [6.07, 6.45) is 6.56. The van der Waals surface area contributed by atoms with E-state index in [0.717, 1.165) is 24.9 Å². The zero-order valence-corrected chi connectivity index (χ0v) is 12.2. The lowest BCUT2D eigenvalue weighted by Gasteiger charge is -2.10. The molecule has 0 saturated carbocycles. The molecule has 5 heteroatoms. The van der Waals surface area contributed by atoms with E-state index in [4.69, 9.17) is 4.74 Å². The first-order chi connectivity index (χ1) is 10.3. The van der Waals surface area contributed by atoms with Gasteiger partial charge in [-0.15, -0.1) is 0 Å². The lowest BCUT2D eigenvalue weighted by atomic mass is 10.1. The van der Waals surface area contributed by atoms with Crippen LogP contribution in [0.1, 0.15) is 24.5 Å². The molecule has 0 aliphatic rings. The van der Waals surface area contributed by atoms with Gasteiger partial charge in [0.15, 0.2) is 0 Å². The van der Waals surface area contributed by atoms with Crippen molar-refractivity contribution in [2.45, 2.75) is 26.3 Å². The van der Waals surface area contributed by atoms with Gasteiger partial charge in [0.25, 0.3) is 0 Å². The third-order valence-corrected chi connectivity index (χ3v) is 3.06. The predicted octanol–water partition coefficient (Wildman–Crippen LogP) is 2.74. The molecule has 0 aromatic carbocycles. The van der Waals surface area contributed by atoms with Crippen LogP contribution in [-0.4, -0.2) is 23.1 Å². The average molecular weight is 289 g/mol. The lowest BCUT2D eigenvalue weighted by molar-refractivity contribution is 0.294. The average Bonchev–Trinajstić information content (AvgIpc) is 2.52. The fourth-order valence-electron chi connectivity index (χ4n) is 1.98. The molecule has 21 heavy (non-hydrogen) atoms. The summed E-state index contributed by atoms with van der Waals surface area (Å²) in [4.78, 5) is 8.01. The Balaban J connectivity index is 1.84. The Labute approximate surface area is 124 Å². The molecule has 0 bridgehead atoms. The van der Waals surface area contributed by atoms with Gasteiger partial charge in [0.05, 0.1) is 12.8 Å². The van der Waals surface area contributed by atoms with Gasteiger partial charge in [0.2, 0.25) is 5.88 Å². The van der Waals surface area contributed by atoms with Crippen LogP contribution in [0.5, 0.6) is 5.88 Å². The van der Waals surface area contributed by atoms with E-state index < -0.39 is 0 Å². The van der Waals surface area contributed by atoms with Gasteiger partial charge in [-0.3, -0.25) is 4.98 Å². The Kier molecular flexibility index (Phi) is 6.09. The van der Waals surface area contributed by atoms with E-state index in [2.05, 4.69) is 15.3 Å². The standard InChI is InChI=1S/C16H20FN3O/c1-2-18-11-14-10-15(17)12-20-16(14)21-9-3-4-13-5-7-19-8-6-13/h5-8,10,12,18H,2-4,9,11H2,1H3. The zero-order valence-electron chi connectivity index (χ0n) is 12.2. The first-order valence-electron chi connectivity index (χ1n) is 7.16. The molecule has 0 aliphatic heterocycles. The van der Waals surface area contributed by atoms with Crippen molar-refractivity contribution in [3.05, 3.63) is 53.7 Å². The Bertz CT molecular complexity index is 548. The molecule has 0 amide bonds. The molecule has 2 aromatic heterocycles. The van der Waals surface area contributed by atoms with Crippen molar-refractivity contribution in [3.8, 4) is 5.88 Å². The molecule has 0 atom stereocenters. The van der Waals surface area contributed by atoms with E-state index >= 15 is 0 Å². The minimum absolute atomic E-state index is 0.341. The number of aryl methyl sites for hydroxylation is 1. The second kappa shape index (κ2) is 8.32. The number of pyridine rings is 2. The molecular weight excluding hydrogens is 269 g/mol. The number of hydrogen-bond donors (Lipinski definition) is 1. The van der Waals surface area contributed by atoms with Crippen LogP contribution in [0.25, 0.3) is 0 Å². The van der Waals surface area contributed by atoms with Gasteiger partial charge in [-0.2, -0.15) is 0 Å². The van der Waals surface area contributed by atoms with Gasteiger partial charge in [0.1, 0.15) is 5.82 Å². The summed E-state index contributed by atoms with van der Waals surface area (Å²) in [5.41, 5.74) is 1.98. The van der Waals surface area contributed by atoms with Crippen LogP contribution in [0.15, 0.2) is 36.8 Å². The third-order valence-electron chi connectivity index (χ3n) is 3.06. The lowest BCUT2D eigenvalue weighted by Crippen LogP contribution is -2.14. The SMILES string of the molecule is CCNCc1cc(F)cnc1OCCCc1ccncc1. The van der Waals surface area contributed by atoms with Gasteiger partial charge in [-0.25, -0.2) is 9.37 Å². The maximum atomic E-state index is 13.2. The second-order valence-electron chi connectivity index (χ2n) is 4.71. The highest BCUT2D eigenvalue weighted by Crippen LogP contribution is 2.16. The van der Waals surface area contributed by atoms with E-state index in [-0.39, 0.29) is 5.82 Å². The minimum atomic E-state index is -0.341. The fraction of sp³-hybridized carbons (Fsp3) is 0.375. The van der Waals surface area contributed by atoms with Crippen molar-refractivity contribution in [3.63, 3.8) is 0 Å². The third kappa shape index (κ3) is 5.11. The van der Waals surface area contributed by atoms with Gasteiger partial charge >= 0.3 is 0 Å². The summed E-state index contributed by atoms with van der Waals surface area (Å²) in [5, 5.41) is 3.15. The molecule has 1 N–H and O–H groups in total. The summed E-state index contributed by atoms with van der Waals surface area (Å²) in [7, 11) is 0. The first-order valence-corrected chi connectivity index (χ1v) is 7.16. The van der Waals surface area contributed by atoms with E-state index in [9.17, 15) is 4.39 Å². The largest absolute Gasteiger partial charge is 0.477 e. The summed E-state index contributed by atoms with van der Waals surface area (Å²) >= 11 is 0. The van der Waals surface area contributed by atoms with Crippen LogP contribution in [-0.2, 0) is 13.0 Å². The number of hydrogen-bond acceptors (Lipinski definition) is 4. The maximum absolute atomic E-state index is 13.2. The van der Waals surface area contributed by atoms with Crippen molar-refractivity contribution in [1.82, 2.24) is 15.3 Å². The van der Waals surface area contributed by atoms with Crippen LogP contribution < -0.4 is 10.1 Å². The van der Waals surface area contributed by atoms with Crippen molar-refractivity contribution >= 4 is 0 Å². The van der Waals surface area contributed by atoms with Crippen LogP contribution >= 0.6 is 0 Å². The molecule has 2 aromatic rings. The molecule has 0 spiro atoms.